The fourth-order valence-corrected chi connectivity index (χ4v) is 0.100. The van der Waals surface area contributed by atoms with E-state index in [4.69, 9.17) is 9.59 Å². The highest BCUT2D eigenvalue weighted by Crippen LogP contribution is 2.00. The molecule has 0 saturated carbocycles. The molecule has 1 radical (unpaired) electrons. The molecule has 0 spiro atoms. The van der Waals surface area contributed by atoms with Crippen LogP contribution >= 0.6 is 0 Å². The van der Waals surface area contributed by atoms with E-state index in [1.807, 2.05) is 0 Å². The van der Waals surface area contributed by atoms with E-state index in [1.54, 1.807) is 0 Å². The van der Waals surface area contributed by atoms with Crippen molar-refractivity contribution in [1.29, 1.82) is 0 Å². The number of nitrogens with zero attached hydrogens (tertiary/aromatic N) is 2. The van der Waals surface area contributed by atoms with Gasteiger partial charge in [-0.05, 0) is 0 Å². The molecule has 0 aromatic rings. The van der Waals surface area contributed by atoms with Crippen molar-refractivity contribution >= 4 is 12.2 Å². The molecule has 0 bridgehead atoms. The molecule has 5 heteroatoms. The molecule has 0 aliphatic heterocycles. The van der Waals surface area contributed by atoms with Gasteiger partial charge in [0, 0.05) is 0 Å². The zero-order chi connectivity index (χ0) is 6.41. The van der Waals surface area contributed by atoms with Crippen LogP contribution in [0.5, 0.6) is 0 Å². The molecule has 0 fully saturated rings. The van der Waals surface area contributed by atoms with Crippen LogP contribution in [0.25, 0.3) is 0 Å². The van der Waals surface area contributed by atoms with E-state index in [0.717, 1.165) is 12.2 Å². The standard InChI is InChI=1S/C3FN2O2/c4-3(5-1-7)6-2-8. The Morgan fingerprint density at radius 2 is 1.62 bits per heavy atom. The smallest absolute Gasteiger partial charge is 0.211 e. The summed E-state index contributed by atoms with van der Waals surface area (Å²) in [5, 5.41) is 0. The van der Waals surface area contributed by atoms with Gasteiger partial charge in [0.25, 0.3) is 0 Å². The Morgan fingerprint density at radius 3 is 1.88 bits per heavy atom. The van der Waals surface area contributed by atoms with E-state index in [2.05, 4.69) is 9.98 Å². The highest BCUT2D eigenvalue weighted by Gasteiger charge is 1.98. The molecule has 0 aromatic carbocycles. The second kappa shape index (κ2) is 3.87. The zero-order valence-corrected chi connectivity index (χ0v) is 3.59. The minimum atomic E-state index is -1.44. The summed E-state index contributed by atoms with van der Waals surface area (Å²) in [5.74, 6) is 0. The SMILES string of the molecule is O=C=N[C](F)N=C=O. The van der Waals surface area contributed by atoms with E-state index in [0.29, 0.717) is 0 Å². The average molecular weight is 115 g/mol. The molecule has 4 nitrogen and oxygen atoms in total. The topological polar surface area (TPSA) is 58.9 Å². The summed E-state index contributed by atoms with van der Waals surface area (Å²) in [7, 11) is 0. The largest absolute Gasteiger partial charge is 0.392 e. The number of hydrogen-bond acceptors (Lipinski definition) is 4. The zero-order valence-electron chi connectivity index (χ0n) is 3.59. The lowest BCUT2D eigenvalue weighted by Gasteiger charge is -1.75. The fourth-order valence-electron chi connectivity index (χ4n) is 0.100. The molecule has 0 amide bonds. The summed E-state index contributed by atoms with van der Waals surface area (Å²) >= 11 is 0. The average Bonchev–Trinajstić information content (AvgIpc) is 1.68. The van der Waals surface area contributed by atoms with Crippen LogP contribution in [0.4, 0.5) is 4.39 Å². The molecule has 0 aliphatic rings. The maximum Gasteiger partial charge on any atom is 0.392 e. The number of rotatable bonds is 2. The van der Waals surface area contributed by atoms with Gasteiger partial charge in [-0.15, -0.1) is 9.98 Å². The van der Waals surface area contributed by atoms with Crippen molar-refractivity contribution in [2.24, 2.45) is 9.98 Å². The quantitative estimate of drug-likeness (QED) is 0.290. The van der Waals surface area contributed by atoms with E-state index < -0.39 is 6.42 Å². The number of aliphatic imine (C=N–C) groups is 2. The molecule has 0 N–H and O–H groups in total. The first-order valence-electron chi connectivity index (χ1n) is 1.49. The van der Waals surface area contributed by atoms with Crippen LogP contribution in [0.15, 0.2) is 9.98 Å². The molecule has 0 saturated heterocycles. The normalized spacial score (nSPS) is 7.25. The molecule has 0 aliphatic carbocycles. The van der Waals surface area contributed by atoms with Gasteiger partial charge in [0.05, 0.1) is 0 Å². The van der Waals surface area contributed by atoms with E-state index >= 15 is 0 Å². The predicted molar refractivity (Wildman–Crippen MR) is 20.6 cm³/mol. The molecule has 0 aromatic heterocycles. The van der Waals surface area contributed by atoms with Gasteiger partial charge >= 0.3 is 6.42 Å². The van der Waals surface area contributed by atoms with Gasteiger partial charge in [-0.1, -0.05) is 0 Å². The maximum absolute atomic E-state index is 11.5. The van der Waals surface area contributed by atoms with Gasteiger partial charge in [-0.25, -0.2) is 9.59 Å². The summed E-state index contributed by atoms with van der Waals surface area (Å²) in [6, 6.07) is 0. The maximum atomic E-state index is 11.5. The first kappa shape index (κ1) is 6.69. The van der Waals surface area contributed by atoms with Crippen molar-refractivity contribution < 1.29 is 14.0 Å². The minimum Gasteiger partial charge on any atom is -0.211 e. The second-order valence-electron chi connectivity index (χ2n) is 0.675. The molecule has 8 heavy (non-hydrogen) atoms. The van der Waals surface area contributed by atoms with Crippen molar-refractivity contribution in [1.82, 2.24) is 0 Å². The van der Waals surface area contributed by atoms with Crippen LogP contribution in [0.3, 0.4) is 0 Å². The number of isocyanates is 2. The summed E-state index contributed by atoms with van der Waals surface area (Å²) < 4.78 is 11.5. The Labute approximate surface area is 43.7 Å². The number of hydrogen-bond donors (Lipinski definition) is 0. The van der Waals surface area contributed by atoms with E-state index in [9.17, 15) is 4.39 Å². The van der Waals surface area contributed by atoms with Crippen molar-refractivity contribution in [3.05, 3.63) is 6.42 Å². The lowest BCUT2D eigenvalue weighted by Crippen LogP contribution is -1.73. The van der Waals surface area contributed by atoms with Crippen LogP contribution in [0.1, 0.15) is 0 Å². The van der Waals surface area contributed by atoms with Gasteiger partial charge in [-0.3, -0.25) is 0 Å². The minimum absolute atomic E-state index is 0.843. The molecule has 0 unspecified atom stereocenters. The lowest BCUT2D eigenvalue weighted by atomic mass is 11.0. The van der Waals surface area contributed by atoms with Crippen molar-refractivity contribution in [3.63, 3.8) is 0 Å². The Hall–Kier alpha value is -1.31. The summed E-state index contributed by atoms with van der Waals surface area (Å²) in [4.78, 5) is 23.0. The van der Waals surface area contributed by atoms with Gasteiger partial charge in [-0.2, -0.15) is 4.39 Å². The third kappa shape index (κ3) is 2.90. The van der Waals surface area contributed by atoms with Crippen molar-refractivity contribution in [2.75, 3.05) is 0 Å². The molecular formula is C3FN2O2. The van der Waals surface area contributed by atoms with Crippen LogP contribution in [0.2, 0.25) is 0 Å². The predicted octanol–water partition coefficient (Wildman–Crippen LogP) is 0.0745. The third-order valence-corrected chi connectivity index (χ3v) is 0.276. The monoisotopic (exact) mass is 115 g/mol. The number of halogens is 1. The van der Waals surface area contributed by atoms with Gasteiger partial charge < -0.3 is 0 Å². The Kier molecular flexibility index (Phi) is 3.23. The molecule has 0 atom stereocenters. The Bertz CT molecular complexity index is 139. The van der Waals surface area contributed by atoms with Gasteiger partial charge in [0.1, 0.15) is 0 Å². The Morgan fingerprint density at radius 1 is 1.25 bits per heavy atom. The lowest BCUT2D eigenvalue weighted by molar-refractivity contribution is 0.482. The van der Waals surface area contributed by atoms with Crippen LogP contribution < -0.4 is 0 Å². The molecule has 41 valence electrons. The summed E-state index contributed by atoms with van der Waals surface area (Å²) in [6.45, 7) is 0. The first-order chi connectivity index (χ1) is 3.81. The number of carbonyl (C=O) groups excluding carboxylic acids is 2. The van der Waals surface area contributed by atoms with E-state index in [1.165, 1.54) is 0 Å². The van der Waals surface area contributed by atoms with E-state index in [-0.39, 0.29) is 0 Å². The highest BCUT2D eigenvalue weighted by atomic mass is 19.1. The fraction of sp³-hybridized carbons (Fsp3) is 0. The van der Waals surface area contributed by atoms with Crippen LogP contribution in [0, 0.1) is 6.42 Å². The molecular weight excluding hydrogens is 115 g/mol. The molecule has 0 heterocycles. The Balaban J connectivity index is 3.82. The van der Waals surface area contributed by atoms with Gasteiger partial charge in [0.15, 0.2) is 0 Å². The summed E-state index contributed by atoms with van der Waals surface area (Å²) in [5.41, 5.74) is 0. The van der Waals surface area contributed by atoms with Crippen molar-refractivity contribution in [3.8, 4) is 0 Å². The van der Waals surface area contributed by atoms with Gasteiger partial charge in [0.2, 0.25) is 12.2 Å². The highest BCUT2D eigenvalue weighted by molar-refractivity contribution is 5.38. The first-order valence-corrected chi connectivity index (χ1v) is 1.49. The third-order valence-electron chi connectivity index (χ3n) is 0.276. The van der Waals surface area contributed by atoms with Crippen LogP contribution in [-0.4, -0.2) is 12.2 Å². The molecule has 0 rings (SSSR count). The summed E-state index contributed by atoms with van der Waals surface area (Å²) in [6.07, 6.45) is 0.250. The van der Waals surface area contributed by atoms with Crippen LogP contribution in [-0.2, 0) is 9.59 Å². The van der Waals surface area contributed by atoms with Crippen molar-refractivity contribution in [2.45, 2.75) is 0 Å². The second-order valence-corrected chi connectivity index (χ2v) is 0.675.